The van der Waals surface area contributed by atoms with Crippen LogP contribution in [-0.2, 0) is 14.8 Å². The number of carboxylic acid groups (broad SMARTS) is 1. The predicted octanol–water partition coefficient (Wildman–Crippen LogP) is 9.21. The third-order valence-electron chi connectivity index (χ3n) is 15.4. The van der Waals surface area contributed by atoms with Crippen LogP contribution in [0.1, 0.15) is 118 Å². The van der Waals surface area contributed by atoms with Gasteiger partial charge in [-0.15, -0.1) is 0 Å². The van der Waals surface area contributed by atoms with Crippen molar-refractivity contribution in [2.24, 2.45) is 51.2 Å². The van der Waals surface area contributed by atoms with Gasteiger partial charge in [-0.25, -0.2) is 13.2 Å². The highest BCUT2D eigenvalue weighted by Crippen LogP contribution is 2.77. The zero-order valence-corrected chi connectivity index (χ0v) is 29.7. The van der Waals surface area contributed by atoms with Crippen LogP contribution in [0.5, 0.6) is 0 Å². The van der Waals surface area contributed by atoms with E-state index in [9.17, 15) is 13.2 Å². The van der Waals surface area contributed by atoms with Gasteiger partial charge >= 0.3 is 5.97 Å². The van der Waals surface area contributed by atoms with E-state index in [0.29, 0.717) is 34.8 Å². The Labute approximate surface area is 273 Å². The third kappa shape index (κ3) is 4.61. The molecule has 9 atom stereocenters. The Hall–Kier alpha value is -1.92. The van der Waals surface area contributed by atoms with Crippen LogP contribution in [0.25, 0.3) is 6.08 Å². The second-order valence-electron chi connectivity index (χ2n) is 17.1. The van der Waals surface area contributed by atoms with Crippen LogP contribution in [0.15, 0.2) is 47.4 Å². The lowest BCUT2D eigenvalue weighted by atomic mass is 9.33. The average molecular weight is 636 g/mol. The number of carbonyl (C=O) groups is 1. The second-order valence-corrected chi connectivity index (χ2v) is 19.0. The SMILES string of the molecule is C=C(C)[C@@H]1CC[C@]2(CC)CC[C@]3(C)[C@H](CC[C@@H]4[C@@]5(C)CCN(S(=O)(=O)c6ccc(/C=C/C(=O)O)cc6)C(C)(C)C5CC[C@]43C)[C@@H]12. The molecule has 1 heterocycles. The van der Waals surface area contributed by atoms with Crippen molar-refractivity contribution in [1.29, 1.82) is 0 Å². The Morgan fingerprint density at radius 2 is 1.62 bits per heavy atom. The molecule has 0 radical (unpaired) electrons. The Morgan fingerprint density at radius 1 is 0.933 bits per heavy atom. The van der Waals surface area contributed by atoms with Crippen LogP contribution in [0, 0.1) is 51.2 Å². The summed E-state index contributed by atoms with van der Waals surface area (Å²) in [6, 6.07) is 6.64. The lowest BCUT2D eigenvalue weighted by molar-refractivity contribution is -0.236. The summed E-state index contributed by atoms with van der Waals surface area (Å²) in [5.41, 5.74) is 2.70. The molecule has 5 nitrogen and oxygen atoms in total. The van der Waals surface area contributed by atoms with Gasteiger partial charge in [0, 0.05) is 18.2 Å². The van der Waals surface area contributed by atoms with E-state index in [2.05, 4.69) is 55.0 Å². The maximum atomic E-state index is 14.2. The molecule has 0 bridgehead atoms. The van der Waals surface area contributed by atoms with Gasteiger partial charge in [0.15, 0.2) is 0 Å². The second kappa shape index (κ2) is 10.8. The molecule has 4 saturated carbocycles. The van der Waals surface area contributed by atoms with E-state index in [1.807, 2.05) is 0 Å². The molecule has 1 aromatic carbocycles. The van der Waals surface area contributed by atoms with Gasteiger partial charge in [0.05, 0.1) is 4.90 Å². The van der Waals surface area contributed by atoms with Crippen LogP contribution in [0.3, 0.4) is 0 Å². The minimum absolute atomic E-state index is 0.0880. The number of aliphatic carboxylic acids is 1. The van der Waals surface area contributed by atoms with Crippen molar-refractivity contribution >= 4 is 22.1 Å². The maximum absolute atomic E-state index is 14.2. The number of nitrogens with zero attached hydrogens (tertiary/aromatic N) is 1. The van der Waals surface area contributed by atoms with E-state index in [1.165, 1.54) is 63.0 Å². The van der Waals surface area contributed by atoms with Crippen molar-refractivity contribution in [3.63, 3.8) is 0 Å². The van der Waals surface area contributed by atoms with E-state index in [1.54, 1.807) is 28.6 Å². The molecule has 4 aliphatic carbocycles. The first kappa shape index (κ1) is 33.0. The fourth-order valence-corrected chi connectivity index (χ4v) is 14.9. The average Bonchev–Trinajstić information content (AvgIpc) is 3.37. The summed E-state index contributed by atoms with van der Waals surface area (Å²) in [6.07, 6.45) is 15.0. The zero-order valence-electron chi connectivity index (χ0n) is 28.9. The van der Waals surface area contributed by atoms with Crippen molar-refractivity contribution in [3.8, 4) is 0 Å². The van der Waals surface area contributed by atoms with E-state index < -0.39 is 21.5 Å². The van der Waals surface area contributed by atoms with E-state index in [4.69, 9.17) is 5.11 Å². The molecular formula is C39H57NO4S. The predicted molar refractivity (Wildman–Crippen MR) is 182 cm³/mol. The summed E-state index contributed by atoms with van der Waals surface area (Å²) in [5.74, 6) is 2.03. The smallest absolute Gasteiger partial charge is 0.328 e. The number of fused-ring (bicyclic) bond motifs is 7. The van der Waals surface area contributed by atoms with Gasteiger partial charge in [-0.05, 0) is 154 Å². The molecule has 5 aliphatic rings. The molecule has 0 aromatic heterocycles. The van der Waals surface area contributed by atoms with Gasteiger partial charge in [0.2, 0.25) is 10.0 Å². The molecule has 1 unspecified atom stereocenters. The minimum Gasteiger partial charge on any atom is -0.478 e. The lowest BCUT2D eigenvalue weighted by Gasteiger charge is -2.73. The first-order chi connectivity index (χ1) is 21.0. The number of hydrogen-bond acceptors (Lipinski definition) is 3. The van der Waals surface area contributed by atoms with Gasteiger partial charge in [-0.3, -0.25) is 0 Å². The van der Waals surface area contributed by atoms with Crippen LogP contribution in [0.4, 0.5) is 0 Å². The molecule has 1 N–H and O–H groups in total. The lowest BCUT2D eigenvalue weighted by Crippen LogP contribution is -2.70. The van der Waals surface area contributed by atoms with Crippen molar-refractivity contribution < 1.29 is 18.3 Å². The van der Waals surface area contributed by atoms with E-state index in [0.717, 1.165) is 30.8 Å². The number of rotatable bonds is 6. The highest BCUT2D eigenvalue weighted by atomic mass is 32.2. The van der Waals surface area contributed by atoms with Crippen LogP contribution in [0.2, 0.25) is 0 Å². The van der Waals surface area contributed by atoms with Crippen LogP contribution < -0.4 is 0 Å². The highest BCUT2D eigenvalue weighted by molar-refractivity contribution is 7.89. The maximum Gasteiger partial charge on any atom is 0.328 e. The van der Waals surface area contributed by atoms with Crippen molar-refractivity contribution in [2.45, 2.75) is 123 Å². The summed E-state index contributed by atoms with van der Waals surface area (Å²) < 4.78 is 30.2. The monoisotopic (exact) mass is 635 g/mol. The number of benzene rings is 1. The summed E-state index contributed by atoms with van der Waals surface area (Å²) in [4.78, 5) is 11.2. The molecule has 6 heteroatoms. The summed E-state index contributed by atoms with van der Waals surface area (Å²) >= 11 is 0. The summed E-state index contributed by atoms with van der Waals surface area (Å²) in [6.45, 7) is 22.0. The topological polar surface area (TPSA) is 74.7 Å². The first-order valence-electron chi connectivity index (χ1n) is 17.7. The van der Waals surface area contributed by atoms with Gasteiger partial charge in [0.25, 0.3) is 0 Å². The fourth-order valence-electron chi connectivity index (χ4n) is 13.0. The molecule has 0 spiro atoms. The third-order valence-corrected chi connectivity index (χ3v) is 17.5. The Bertz CT molecular complexity index is 1490. The number of piperidine rings is 1. The number of hydrogen-bond donors (Lipinski definition) is 1. The normalized spacial score (nSPS) is 42.8. The first-order valence-corrected chi connectivity index (χ1v) is 19.1. The van der Waals surface area contributed by atoms with Crippen molar-refractivity contribution in [2.75, 3.05) is 6.54 Å². The molecule has 6 rings (SSSR count). The van der Waals surface area contributed by atoms with Gasteiger partial charge in [-0.2, -0.15) is 4.31 Å². The van der Waals surface area contributed by atoms with Crippen LogP contribution >= 0.6 is 0 Å². The van der Waals surface area contributed by atoms with Crippen molar-refractivity contribution in [1.82, 2.24) is 4.31 Å². The fraction of sp³-hybridized carbons (Fsp3) is 0.718. The highest BCUT2D eigenvalue weighted by Gasteiger charge is 2.71. The zero-order chi connectivity index (χ0) is 32.8. The van der Waals surface area contributed by atoms with Gasteiger partial charge in [-0.1, -0.05) is 58.4 Å². The molecule has 1 aromatic rings. The molecule has 1 saturated heterocycles. The molecule has 248 valence electrons. The molecule has 1 aliphatic heterocycles. The minimum atomic E-state index is -3.72. The molecule has 5 fully saturated rings. The molecule has 0 amide bonds. The van der Waals surface area contributed by atoms with Crippen molar-refractivity contribution in [3.05, 3.63) is 48.1 Å². The Morgan fingerprint density at radius 3 is 2.24 bits per heavy atom. The number of carboxylic acids is 1. The quantitative estimate of drug-likeness (QED) is 0.250. The standard InChI is InChI=1S/C39H57NO4S/c1-9-39-21-18-29(26(2)3)34(39)30-15-16-32-36(6)24-25-40(45(43,44)28-13-10-27(11-14-28)12-17-33(41)42)35(4,5)31(36)19-20-38(32,8)37(30,7)22-23-39/h10-14,17,29-32,34H,2,9,15-16,18-25H2,1,3-8H3,(H,41,42)/b17-12+/t29-,30+,31?,32+,34+,36-,37+,38+,39+/m0/s1. The van der Waals surface area contributed by atoms with Crippen LogP contribution in [-0.4, -0.2) is 35.9 Å². The largest absolute Gasteiger partial charge is 0.478 e. The van der Waals surface area contributed by atoms with E-state index >= 15 is 0 Å². The Kier molecular flexibility index (Phi) is 7.92. The molecular weight excluding hydrogens is 578 g/mol. The van der Waals surface area contributed by atoms with E-state index in [-0.39, 0.29) is 21.6 Å². The summed E-state index contributed by atoms with van der Waals surface area (Å²) in [7, 11) is -3.72. The summed E-state index contributed by atoms with van der Waals surface area (Å²) in [5, 5.41) is 8.96. The van der Waals surface area contributed by atoms with Gasteiger partial charge < -0.3 is 5.11 Å². The van der Waals surface area contributed by atoms with Gasteiger partial charge in [0.1, 0.15) is 0 Å². The molecule has 45 heavy (non-hydrogen) atoms. The number of sulfonamides is 1. The Balaban J connectivity index is 1.30. The number of allylic oxidation sites excluding steroid dienone is 1.